The van der Waals surface area contributed by atoms with E-state index in [0.717, 1.165) is 5.56 Å². The average Bonchev–Trinajstić information content (AvgIpc) is 2.53. The molecule has 0 saturated heterocycles. The first kappa shape index (κ1) is 17.4. The minimum Gasteiger partial charge on any atom is -0.351 e. The first-order valence-electron chi connectivity index (χ1n) is 7.20. The van der Waals surface area contributed by atoms with Crippen molar-refractivity contribution in [3.8, 4) is 0 Å². The molecule has 122 valence electrons. The van der Waals surface area contributed by atoms with Gasteiger partial charge in [0.2, 0.25) is 0 Å². The number of nitrogens with one attached hydrogen (secondary N) is 1. The first-order valence-corrected chi connectivity index (χ1v) is 7.58. The number of hydrogen-bond acceptors (Lipinski definition) is 4. The fraction of sp³-hybridized carbons (Fsp3) is 0.235. The van der Waals surface area contributed by atoms with E-state index in [1.807, 2.05) is 25.1 Å². The Balaban J connectivity index is 2.29. The lowest BCUT2D eigenvalue weighted by Gasteiger charge is -2.17. The average molecular weight is 337 g/mol. The molecule has 1 unspecified atom stereocenters. The number of pyridine rings is 1. The second kappa shape index (κ2) is 8.62. The minimum atomic E-state index is -0.448. The summed E-state index contributed by atoms with van der Waals surface area (Å²) in [5.41, 5.74) is 4.87. The van der Waals surface area contributed by atoms with Gasteiger partial charge in [-0.1, -0.05) is 17.7 Å². The molecule has 0 fully saturated rings. The van der Waals surface area contributed by atoms with Gasteiger partial charge in [0.1, 0.15) is 5.82 Å². The highest BCUT2D eigenvalue weighted by atomic mass is 35.5. The van der Waals surface area contributed by atoms with E-state index >= 15 is 0 Å². The van der Waals surface area contributed by atoms with Crippen molar-refractivity contribution < 1.29 is 14.0 Å². The molecule has 0 aliphatic heterocycles. The summed E-state index contributed by atoms with van der Waals surface area (Å²) in [6, 6.07) is 7.88. The predicted octanol–water partition coefficient (Wildman–Crippen LogP) is 4.28. The maximum atomic E-state index is 13.3. The van der Waals surface area contributed by atoms with Gasteiger partial charge in [0.25, 0.3) is 0 Å². The van der Waals surface area contributed by atoms with Gasteiger partial charge >= 0.3 is 0 Å². The number of benzene rings is 1. The van der Waals surface area contributed by atoms with Crippen molar-refractivity contribution in [3.05, 3.63) is 64.7 Å². The molecule has 0 spiro atoms. The number of rotatable bonds is 7. The van der Waals surface area contributed by atoms with Crippen LogP contribution in [0.1, 0.15) is 25.0 Å². The van der Waals surface area contributed by atoms with E-state index in [9.17, 15) is 4.39 Å². The van der Waals surface area contributed by atoms with Gasteiger partial charge in [-0.3, -0.25) is 10.5 Å². The van der Waals surface area contributed by atoms with Crippen LogP contribution in [-0.4, -0.2) is 17.9 Å². The van der Waals surface area contributed by atoms with Crippen molar-refractivity contribution in [2.24, 2.45) is 0 Å². The second-order valence-electron chi connectivity index (χ2n) is 4.71. The Labute approximate surface area is 139 Å². The molecule has 6 heteroatoms. The molecule has 1 atom stereocenters. The SMILES string of the molecule is CCOC(C)ONC(=Cc1cccnc1)c1ccc(F)cc1Cl. The molecule has 0 bridgehead atoms. The summed E-state index contributed by atoms with van der Waals surface area (Å²) in [5.74, 6) is -0.400. The van der Waals surface area contributed by atoms with Crippen LogP contribution in [0.3, 0.4) is 0 Å². The summed E-state index contributed by atoms with van der Waals surface area (Å²) in [6.45, 7) is 4.18. The first-order chi connectivity index (χ1) is 11.1. The lowest BCUT2D eigenvalue weighted by molar-refractivity contribution is -0.152. The van der Waals surface area contributed by atoms with Crippen LogP contribution < -0.4 is 5.48 Å². The molecule has 0 aliphatic rings. The smallest absolute Gasteiger partial charge is 0.180 e. The van der Waals surface area contributed by atoms with E-state index in [1.54, 1.807) is 25.4 Å². The van der Waals surface area contributed by atoms with Crippen molar-refractivity contribution in [2.45, 2.75) is 20.1 Å². The Kier molecular flexibility index (Phi) is 6.52. The van der Waals surface area contributed by atoms with Crippen LogP contribution in [0.2, 0.25) is 5.02 Å². The molecule has 2 aromatic rings. The summed E-state index contributed by atoms with van der Waals surface area (Å²) >= 11 is 6.14. The van der Waals surface area contributed by atoms with Crippen LogP contribution in [0, 0.1) is 5.82 Å². The monoisotopic (exact) mass is 336 g/mol. The third-order valence-electron chi connectivity index (χ3n) is 2.95. The van der Waals surface area contributed by atoms with Crippen molar-refractivity contribution in [1.29, 1.82) is 0 Å². The topological polar surface area (TPSA) is 43.4 Å². The van der Waals surface area contributed by atoms with Crippen LogP contribution in [0.25, 0.3) is 11.8 Å². The van der Waals surface area contributed by atoms with Crippen LogP contribution in [0.15, 0.2) is 42.7 Å². The summed E-state index contributed by atoms with van der Waals surface area (Å²) in [4.78, 5) is 9.50. The van der Waals surface area contributed by atoms with Gasteiger partial charge < -0.3 is 4.74 Å². The van der Waals surface area contributed by atoms with E-state index in [-0.39, 0.29) is 5.02 Å². The summed E-state index contributed by atoms with van der Waals surface area (Å²) in [6.07, 6.45) is 4.75. The summed E-state index contributed by atoms with van der Waals surface area (Å²) in [5, 5.41) is 0.278. The Morgan fingerprint density at radius 3 is 2.91 bits per heavy atom. The van der Waals surface area contributed by atoms with Gasteiger partial charge in [0, 0.05) is 24.6 Å². The van der Waals surface area contributed by atoms with Gasteiger partial charge in [-0.25, -0.2) is 9.23 Å². The van der Waals surface area contributed by atoms with Gasteiger partial charge in [-0.05, 0) is 49.8 Å². The molecule has 0 saturated carbocycles. The van der Waals surface area contributed by atoms with Crippen LogP contribution in [0.5, 0.6) is 0 Å². The predicted molar refractivity (Wildman–Crippen MR) is 88.8 cm³/mol. The molecular weight excluding hydrogens is 319 g/mol. The lowest BCUT2D eigenvalue weighted by Crippen LogP contribution is -2.23. The Hall–Kier alpha value is -1.95. The molecule has 0 radical (unpaired) electrons. The molecule has 23 heavy (non-hydrogen) atoms. The molecule has 1 aromatic carbocycles. The van der Waals surface area contributed by atoms with Gasteiger partial charge in [-0.2, -0.15) is 0 Å². The number of hydroxylamine groups is 1. The van der Waals surface area contributed by atoms with E-state index in [0.29, 0.717) is 17.9 Å². The number of halogens is 2. The largest absolute Gasteiger partial charge is 0.351 e. The van der Waals surface area contributed by atoms with Crippen molar-refractivity contribution in [2.75, 3.05) is 6.61 Å². The summed E-state index contributed by atoms with van der Waals surface area (Å²) < 4.78 is 18.6. The lowest BCUT2D eigenvalue weighted by atomic mass is 10.1. The Morgan fingerprint density at radius 2 is 2.26 bits per heavy atom. The highest BCUT2D eigenvalue weighted by Crippen LogP contribution is 2.25. The number of aromatic nitrogens is 1. The second-order valence-corrected chi connectivity index (χ2v) is 5.12. The van der Waals surface area contributed by atoms with Crippen LogP contribution in [0.4, 0.5) is 4.39 Å². The van der Waals surface area contributed by atoms with Crippen molar-refractivity contribution in [3.63, 3.8) is 0 Å². The fourth-order valence-corrected chi connectivity index (χ4v) is 2.18. The van der Waals surface area contributed by atoms with Crippen molar-refractivity contribution >= 4 is 23.4 Å². The zero-order chi connectivity index (χ0) is 16.7. The Morgan fingerprint density at radius 1 is 1.43 bits per heavy atom. The van der Waals surface area contributed by atoms with Gasteiger partial charge in [0.15, 0.2) is 6.29 Å². The van der Waals surface area contributed by atoms with Crippen LogP contribution in [-0.2, 0) is 9.57 Å². The standard InChI is InChI=1S/C17H18ClFN2O2/c1-3-22-12(2)23-21-17(9-13-5-4-8-20-11-13)15-7-6-14(19)10-16(15)18/h4-12,21H,3H2,1-2H3. The minimum absolute atomic E-state index is 0.278. The van der Waals surface area contributed by atoms with Crippen molar-refractivity contribution in [1.82, 2.24) is 10.5 Å². The van der Waals surface area contributed by atoms with E-state index in [2.05, 4.69) is 10.5 Å². The quantitative estimate of drug-likeness (QED) is 0.605. The van der Waals surface area contributed by atoms with E-state index < -0.39 is 12.1 Å². The van der Waals surface area contributed by atoms with E-state index in [1.165, 1.54) is 12.1 Å². The zero-order valence-corrected chi connectivity index (χ0v) is 13.7. The van der Waals surface area contributed by atoms with Gasteiger partial charge in [-0.15, -0.1) is 0 Å². The molecular formula is C17H18ClFN2O2. The molecule has 1 N–H and O–H groups in total. The number of nitrogens with zero attached hydrogens (tertiary/aromatic N) is 1. The highest BCUT2D eigenvalue weighted by molar-refractivity contribution is 6.32. The zero-order valence-electron chi connectivity index (χ0n) is 12.9. The molecule has 4 nitrogen and oxygen atoms in total. The maximum Gasteiger partial charge on any atom is 0.180 e. The molecule has 0 amide bonds. The maximum absolute atomic E-state index is 13.3. The molecule has 1 heterocycles. The Bertz CT molecular complexity index is 665. The molecule has 2 rings (SSSR count). The van der Waals surface area contributed by atoms with E-state index in [4.69, 9.17) is 21.2 Å². The summed E-state index contributed by atoms with van der Waals surface area (Å²) in [7, 11) is 0. The molecule has 0 aliphatic carbocycles. The fourth-order valence-electron chi connectivity index (χ4n) is 1.91. The third-order valence-corrected chi connectivity index (χ3v) is 3.27. The third kappa shape index (κ3) is 5.32. The van der Waals surface area contributed by atoms with Crippen LogP contribution >= 0.6 is 11.6 Å². The van der Waals surface area contributed by atoms with Gasteiger partial charge in [0.05, 0.1) is 10.7 Å². The molecule has 1 aromatic heterocycles. The number of ether oxygens (including phenoxy) is 1. The highest BCUT2D eigenvalue weighted by Gasteiger charge is 2.10. The number of hydrogen-bond donors (Lipinski definition) is 1. The normalized spacial score (nSPS) is 13.0.